The summed E-state index contributed by atoms with van der Waals surface area (Å²) in [7, 11) is 0. The zero-order chi connectivity index (χ0) is 9.54. The van der Waals surface area contributed by atoms with E-state index in [1.54, 1.807) is 17.0 Å². The number of hydrogen-bond donors (Lipinski definition) is 0. The second-order valence-corrected chi connectivity index (χ2v) is 3.73. The molecule has 1 aliphatic carbocycles. The number of rotatable bonds is 1. The number of nitrogens with zero attached hydrogens (tertiary/aromatic N) is 2. The highest BCUT2D eigenvalue weighted by Crippen LogP contribution is 2.31. The molecular formula is C11H10N2O. The van der Waals surface area contributed by atoms with Crippen LogP contribution in [0, 0.1) is 5.92 Å². The van der Waals surface area contributed by atoms with Gasteiger partial charge in [-0.25, -0.2) is 0 Å². The molecule has 0 unspecified atom stereocenters. The van der Waals surface area contributed by atoms with Crippen LogP contribution in [0.4, 0.5) is 0 Å². The molecule has 1 saturated carbocycles. The molecule has 70 valence electrons. The number of aromatic nitrogens is 2. The number of carbonyl (C=O) groups is 1. The predicted octanol–water partition coefficient (Wildman–Crippen LogP) is 2.09. The van der Waals surface area contributed by atoms with Crippen LogP contribution in [0.2, 0.25) is 0 Å². The van der Waals surface area contributed by atoms with Gasteiger partial charge < -0.3 is 0 Å². The van der Waals surface area contributed by atoms with Gasteiger partial charge in [0, 0.05) is 29.9 Å². The highest BCUT2D eigenvalue weighted by molar-refractivity contribution is 5.94. The van der Waals surface area contributed by atoms with Gasteiger partial charge in [0.15, 0.2) is 0 Å². The van der Waals surface area contributed by atoms with Crippen LogP contribution in [0.25, 0.3) is 10.9 Å². The van der Waals surface area contributed by atoms with Crippen molar-refractivity contribution in [3.8, 4) is 0 Å². The van der Waals surface area contributed by atoms with E-state index in [2.05, 4.69) is 4.98 Å². The molecule has 0 aromatic carbocycles. The van der Waals surface area contributed by atoms with E-state index < -0.39 is 0 Å². The van der Waals surface area contributed by atoms with Crippen molar-refractivity contribution < 1.29 is 4.79 Å². The second-order valence-electron chi connectivity index (χ2n) is 3.73. The highest BCUT2D eigenvalue weighted by Gasteiger charge is 2.31. The van der Waals surface area contributed by atoms with Gasteiger partial charge in [0.25, 0.3) is 0 Å². The Morgan fingerprint density at radius 1 is 1.43 bits per heavy atom. The molecule has 2 aromatic rings. The normalized spacial score (nSPS) is 16.0. The van der Waals surface area contributed by atoms with Gasteiger partial charge in [0.2, 0.25) is 5.91 Å². The Labute approximate surface area is 81.4 Å². The van der Waals surface area contributed by atoms with Crippen LogP contribution in [-0.2, 0) is 0 Å². The Hall–Kier alpha value is -1.64. The van der Waals surface area contributed by atoms with E-state index in [-0.39, 0.29) is 11.8 Å². The Morgan fingerprint density at radius 3 is 3.07 bits per heavy atom. The van der Waals surface area contributed by atoms with Gasteiger partial charge in [-0.1, -0.05) is 0 Å². The summed E-state index contributed by atoms with van der Waals surface area (Å²) >= 11 is 0. The first-order valence-electron chi connectivity index (χ1n) is 4.81. The molecule has 0 bridgehead atoms. The molecule has 0 atom stereocenters. The van der Waals surface area contributed by atoms with Gasteiger partial charge in [-0.05, 0) is 25.0 Å². The minimum atomic E-state index is 0.228. The Morgan fingerprint density at radius 2 is 2.29 bits per heavy atom. The van der Waals surface area contributed by atoms with Crippen LogP contribution >= 0.6 is 0 Å². The zero-order valence-corrected chi connectivity index (χ0v) is 7.68. The summed E-state index contributed by atoms with van der Waals surface area (Å²) in [4.78, 5) is 15.8. The maximum absolute atomic E-state index is 11.8. The third-order valence-corrected chi connectivity index (χ3v) is 2.65. The minimum Gasteiger partial charge on any atom is -0.287 e. The summed E-state index contributed by atoms with van der Waals surface area (Å²) < 4.78 is 1.74. The van der Waals surface area contributed by atoms with Crippen LogP contribution in [0.1, 0.15) is 17.6 Å². The van der Waals surface area contributed by atoms with Crippen molar-refractivity contribution in [2.24, 2.45) is 5.92 Å². The van der Waals surface area contributed by atoms with Gasteiger partial charge in [-0.3, -0.25) is 14.3 Å². The number of hydrogen-bond acceptors (Lipinski definition) is 2. The van der Waals surface area contributed by atoms with Gasteiger partial charge in [-0.2, -0.15) is 0 Å². The lowest BCUT2D eigenvalue weighted by Gasteiger charge is -2.01. The van der Waals surface area contributed by atoms with Crippen LogP contribution in [-0.4, -0.2) is 15.5 Å². The first kappa shape index (κ1) is 7.74. The van der Waals surface area contributed by atoms with Gasteiger partial charge >= 0.3 is 0 Å². The van der Waals surface area contributed by atoms with E-state index in [1.807, 2.05) is 18.3 Å². The summed E-state index contributed by atoms with van der Waals surface area (Å²) in [6.45, 7) is 0. The Balaban J connectivity index is 2.16. The predicted molar refractivity (Wildman–Crippen MR) is 53.1 cm³/mol. The lowest BCUT2D eigenvalue weighted by Crippen LogP contribution is -2.10. The van der Waals surface area contributed by atoms with Gasteiger partial charge in [0.1, 0.15) is 0 Å². The number of fused-ring (bicyclic) bond motifs is 1. The summed E-state index contributed by atoms with van der Waals surface area (Å²) in [6.07, 6.45) is 7.44. The van der Waals surface area contributed by atoms with Crippen LogP contribution in [0.15, 0.2) is 30.7 Å². The Kier molecular flexibility index (Phi) is 1.48. The summed E-state index contributed by atoms with van der Waals surface area (Å²) in [6, 6.07) is 3.82. The minimum absolute atomic E-state index is 0.228. The molecular weight excluding hydrogens is 176 g/mol. The fourth-order valence-corrected chi connectivity index (χ4v) is 1.70. The van der Waals surface area contributed by atoms with Gasteiger partial charge in [0.05, 0.1) is 5.52 Å². The smallest absolute Gasteiger partial charge is 0.234 e. The zero-order valence-electron chi connectivity index (χ0n) is 7.68. The average molecular weight is 186 g/mol. The third kappa shape index (κ3) is 1.05. The van der Waals surface area contributed by atoms with E-state index in [4.69, 9.17) is 0 Å². The van der Waals surface area contributed by atoms with E-state index in [0.717, 1.165) is 23.7 Å². The fraction of sp³-hybridized carbons (Fsp3) is 0.273. The van der Waals surface area contributed by atoms with Crippen LogP contribution < -0.4 is 0 Å². The molecule has 0 spiro atoms. The fourth-order valence-electron chi connectivity index (χ4n) is 1.70. The molecule has 2 heterocycles. The maximum Gasteiger partial charge on any atom is 0.234 e. The van der Waals surface area contributed by atoms with Crippen LogP contribution in [0.5, 0.6) is 0 Å². The largest absolute Gasteiger partial charge is 0.287 e. The molecule has 0 aliphatic heterocycles. The Bertz CT molecular complexity index is 497. The van der Waals surface area contributed by atoms with E-state index in [0.29, 0.717) is 0 Å². The van der Waals surface area contributed by atoms with Crippen molar-refractivity contribution in [1.29, 1.82) is 0 Å². The molecule has 3 heteroatoms. The van der Waals surface area contributed by atoms with Crippen molar-refractivity contribution in [3.63, 3.8) is 0 Å². The molecule has 0 N–H and O–H groups in total. The lowest BCUT2D eigenvalue weighted by atomic mass is 10.3. The second kappa shape index (κ2) is 2.67. The molecule has 0 radical (unpaired) electrons. The molecule has 1 fully saturated rings. The molecule has 1 aliphatic rings. The summed E-state index contributed by atoms with van der Waals surface area (Å²) in [5.74, 6) is 0.491. The maximum atomic E-state index is 11.8. The number of pyridine rings is 1. The topological polar surface area (TPSA) is 34.9 Å². The lowest BCUT2D eigenvalue weighted by molar-refractivity contribution is 0.0891. The molecule has 0 amide bonds. The van der Waals surface area contributed by atoms with Crippen LogP contribution in [0.3, 0.4) is 0 Å². The molecule has 0 saturated heterocycles. The number of carbonyl (C=O) groups excluding carboxylic acids is 1. The standard InChI is InChI=1S/C11H10N2O/c14-11(8-1-2-8)13-6-4-9-7-12-5-3-10(9)13/h3-8H,1-2H2. The van der Waals surface area contributed by atoms with Crippen molar-refractivity contribution in [2.45, 2.75) is 12.8 Å². The van der Waals surface area contributed by atoms with Crippen molar-refractivity contribution >= 4 is 16.8 Å². The van der Waals surface area contributed by atoms with Crippen molar-refractivity contribution in [3.05, 3.63) is 30.7 Å². The molecule has 2 aromatic heterocycles. The SMILES string of the molecule is O=C(C1CC1)n1ccc2cnccc21. The molecule has 14 heavy (non-hydrogen) atoms. The van der Waals surface area contributed by atoms with E-state index in [1.165, 1.54) is 0 Å². The molecule has 3 nitrogen and oxygen atoms in total. The highest BCUT2D eigenvalue weighted by atomic mass is 16.2. The summed E-state index contributed by atoms with van der Waals surface area (Å²) in [5.41, 5.74) is 0.969. The first-order valence-corrected chi connectivity index (χ1v) is 4.81. The monoisotopic (exact) mass is 186 g/mol. The molecule has 3 rings (SSSR count). The van der Waals surface area contributed by atoms with Crippen molar-refractivity contribution in [1.82, 2.24) is 9.55 Å². The van der Waals surface area contributed by atoms with E-state index in [9.17, 15) is 4.79 Å². The third-order valence-electron chi connectivity index (χ3n) is 2.65. The first-order chi connectivity index (χ1) is 6.86. The average Bonchev–Trinajstić information content (AvgIpc) is 2.97. The van der Waals surface area contributed by atoms with Gasteiger partial charge in [-0.15, -0.1) is 0 Å². The quantitative estimate of drug-likeness (QED) is 0.683. The van der Waals surface area contributed by atoms with Crippen molar-refractivity contribution in [2.75, 3.05) is 0 Å². The summed E-state index contributed by atoms with van der Waals surface area (Å²) in [5, 5.41) is 1.03. The van der Waals surface area contributed by atoms with E-state index >= 15 is 0 Å².